The summed E-state index contributed by atoms with van der Waals surface area (Å²) < 4.78 is 0. The molecular weight excluding hydrogens is 224 g/mol. The smallest absolute Gasteiger partial charge is 0.225 e. The molecule has 102 valence electrons. The molecule has 0 aliphatic rings. The predicted octanol–water partition coefficient (Wildman–Crippen LogP) is 2.60. The van der Waals surface area contributed by atoms with Crippen LogP contribution in [0.5, 0.6) is 0 Å². The lowest BCUT2D eigenvalue weighted by molar-refractivity contribution is 0.611. The first-order chi connectivity index (χ1) is 8.69. The van der Waals surface area contributed by atoms with E-state index in [4.69, 9.17) is 0 Å². The second-order valence-electron chi connectivity index (χ2n) is 4.92. The Labute approximate surface area is 111 Å². The molecule has 0 amide bonds. The Balaban J connectivity index is 2.66. The quantitative estimate of drug-likeness (QED) is 0.720. The van der Waals surface area contributed by atoms with Crippen LogP contribution in [-0.4, -0.2) is 29.6 Å². The first-order valence-corrected chi connectivity index (χ1v) is 6.91. The average Bonchev–Trinajstić information content (AvgIpc) is 2.36. The highest BCUT2D eigenvalue weighted by Crippen LogP contribution is 2.12. The minimum Gasteiger partial charge on any atom is -0.338 e. The summed E-state index contributed by atoms with van der Waals surface area (Å²) in [7, 11) is 1.93. The number of anilines is 1. The van der Waals surface area contributed by atoms with Gasteiger partial charge in [-0.25, -0.2) is 9.97 Å². The van der Waals surface area contributed by atoms with Crippen molar-refractivity contribution in [2.24, 2.45) is 0 Å². The number of nitrogens with one attached hydrogen (secondary N) is 1. The Morgan fingerprint density at radius 2 is 1.89 bits per heavy atom. The second-order valence-corrected chi connectivity index (χ2v) is 4.92. The van der Waals surface area contributed by atoms with E-state index in [-0.39, 0.29) is 0 Å². The van der Waals surface area contributed by atoms with Gasteiger partial charge in [0.15, 0.2) is 0 Å². The summed E-state index contributed by atoms with van der Waals surface area (Å²) in [6.45, 7) is 8.46. The molecule has 0 aliphatic carbocycles. The van der Waals surface area contributed by atoms with Crippen LogP contribution in [0.2, 0.25) is 0 Å². The number of nitrogens with zero attached hydrogens (tertiary/aromatic N) is 3. The van der Waals surface area contributed by atoms with Crippen LogP contribution in [0.3, 0.4) is 0 Å². The standard InChI is InChI=1S/C14H26N4/c1-5-6-7-8-18(12(2)3)14-16-10-13(9-15-4)11-17-14/h10-12,15H,5-9H2,1-4H3. The third kappa shape index (κ3) is 4.61. The number of hydrogen-bond donors (Lipinski definition) is 1. The maximum absolute atomic E-state index is 4.47. The van der Waals surface area contributed by atoms with Gasteiger partial charge in [-0.1, -0.05) is 19.8 Å². The molecule has 0 aliphatic heterocycles. The molecule has 1 aromatic rings. The van der Waals surface area contributed by atoms with Crippen molar-refractivity contribution in [3.63, 3.8) is 0 Å². The Hall–Kier alpha value is -1.16. The number of rotatable bonds is 8. The lowest BCUT2D eigenvalue weighted by Gasteiger charge is -2.26. The third-order valence-electron chi connectivity index (χ3n) is 2.96. The van der Waals surface area contributed by atoms with E-state index in [0.29, 0.717) is 6.04 Å². The fraction of sp³-hybridized carbons (Fsp3) is 0.714. The summed E-state index contributed by atoms with van der Waals surface area (Å²) in [6.07, 6.45) is 7.54. The lowest BCUT2D eigenvalue weighted by Crippen LogP contribution is -2.33. The van der Waals surface area contributed by atoms with Crippen molar-refractivity contribution in [1.82, 2.24) is 15.3 Å². The van der Waals surface area contributed by atoms with Gasteiger partial charge < -0.3 is 10.2 Å². The largest absolute Gasteiger partial charge is 0.338 e. The molecule has 0 fully saturated rings. The van der Waals surface area contributed by atoms with Gasteiger partial charge in [0.05, 0.1) is 0 Å². The third-order valence-corrected chi connectivity index (χ3v) is 2.96. The van der Waals surface area contributed by atoms with Gasteiger partial charge in [0.25, 0.3) is 0 Å². The monoisotopic (exact) mass is 250 g/mol. The van der Waals surface area contributed by atoms with E-state index < -0.39 is 0 Å². The summed E-state index contributed by atoms with van der Waals surface area (Å²) in [5.74, 6) is 0.848. The van der Waals surface area contributed by atoms with Crippen LogP contribution in [-0.2, 0) is 6.54 Å². The van der Waals surface area contributed by atoms with Gasteiger partial charge in [0.2, 0.25) is 5.95 Å². The van der Waals surface area contributed by atoms with Gasteiger partial charge in [-0.2, -0.15) is 0 Å². The Morgan fingerprint density at radius 1 is 1.22 bits per heavy atom. The molecule has 1 heterocycles. The van der Waals surface area contributed by atoms with E-state index in [9.17, 15) is 0 Å². The van der Waals surface area contributed by atoms with E-state index in [2.05, 4.69) is 41.0 Å². The molecule has 4 nitrogen and oxygen atoms in total. The van der Waals surface area contributed by atoms with Crippen molar-refractivity contribution in [2.75, 3.05) is 18.5 Å². The van der Waals surface area contributed by atoms with Crippen LogP contribution in [0, 0.1) is 0 Å². The number of unbranched alkanes of at least 4 members (excludes halogenated alkanes) is 2. The highest BCUT2D eigenvalue weighted by molar-refractivity contribution is 5.31. The summed E-state index contributed by atoms with van der Waals surface area (Å²) in [6, 6.07) is 0.442. The van der Waals surface area contributed by atoms with Gasteiger partial charge in [0, 0.05) is 37.1 Å². The van der Waals surface area contributed by atoms with Crippen molar-refractivity contribution < 1.29 is 0 Å². The van der Waals surface area contributed by atoms with Crippen LogP contribution >= 0.6 is 0 Å². The van der Waals surface area contributed by atoms with Gasteiger partial charge in [0.1, 0.15) is 0 Å². The molecule has 0 unspecified atom stereocenters. The van der Waals surface area contributed by atoms with Crippen molar-refractivity contribution in [1.29, 1.82) is 0 Å². The summed E-state index contributed by atoms with van der Waals surface area (Å²) in [5, 5.41) is 3.10. The zero-order chi connectivity index (χ0) is 13.4. The highest BCUT2D eigenvalue weighted by Gasteiger charge is 2.12. The number of aromatic nitrogens is 2. The zero-order valence-corrected chi connectivity index (χ0v) is 12.1. The maximum Gasteiger partial charge on any atom is 0.225 e. The average molecular weight is 250 g/mol. The minimum atomic E-state index is 0.442. The first kappa shape index (κ1) is 14.9. The van der Waals surface area contributed by atoms with E-state index in [1.807, 2.05) is 19.4 Å². The zero-order valence-electron chi connectivity index (χ0n) is 12.1. The molecule has 1 aromatic heterocycles. The van der Waals surface area contributed by atoms with Crippen LogP contribution in [0.1, 0.15) is 45.6 Å². The summed E-state index contributed by atoms with van der Waals surface area (Å²) in [5.41, 5.74) is 1.12. The van der Waals surface area contributed by atoms with Gasteiger partial charge in [-0.3, -0.25) is 0 Å². The molecule has 1 N–H and O–H groups in total. The van der Waals surface area contributed by atoms with Gasteiger partial charge >= 0.3 is 0 Å². The minimum absolute atomic E-state index is 0.442. The molecule has 0 aromatic carbocycles. The van der Waals surface area contributed by atoms with Crippen molar-refractivity contribution in [3.05, 3.63) is 18.0 Å². The second kappa shape index (κ2) is 8.03. The number of hydrogen-bond acceptors (Lipinski definition) is 4. The molecule has 0 saturated carbocycles. The molecule has 4 heteroatoms. The normalized spacial score (nSPS) is 10.9. The molecule has 0 bridgehead atoms. The van der Waals surface area contributed by atoms with Crippen molar-refractivity contribution in [3.8, 4) is 0 Å². The molecule has 0 atom stereocenters. The molecule has 0 radical (unpaired) electrons. The van der Waals surface area contributed by atoms with Crippen molar-refractivity contribution in [2.45, 2.75) is 52.6 Å². The molecule has 0 saturated heterocycles. The van der Waals surface area contributed by atoms with E-state index in [1.54, 1.807) is 0 Å². The molecule has 18 heavy (non-hydrogen) atoms. The molecular formula is C14H26N4. The Bertz CT molecular complexity index is 321. The Morgan fingerprint density at radius 3 is 2.39 bits per heavy atom. The molecule has 1 rings (SSSR count). The van der Waals surface area contributed by atoms with E-state index in [0.717, 1.165) is 24.6 Å². The van der Waals surface area contributed by atoms with Crippen LogP contribution in [0.25, 0.3) is 0 Å². The van der Waals surface area contributed by atoms with Crippen molar-refractivity contribution >= 4 is 5.95 Å². The fourth-order valence-electron chi connectivity index (χ4n) is 1.91. The fourth-order valence-corrected chi connectivity index (χ4v) is 1.91. The predicted molar refractivity (Wildman–Crippen MR) is 76.8 cm³/mol. The summed E-state index contributed by atoms with van der Waals surface area (Å²) in [4.78, 5) is 11.2. The summed E-state index contributed by atoms with van der Waals surface area (Å²) >= 11 is 0. The Kier molecular flexibility index (Phi) is 6.65. The van der Waals surface area contributed by atoms with E-state index in [1.165, 1.54) is 19.3 Å². The van der Waals surface area contributed by atoms with Gasteiger partial charge in [-0.05, 0) is 27.3 Å². The lowest BCUT2D eigenvalue weighted by atomic mass is 10.2. The van der Waals surface area contributed by atoms with E-state index >= 15 is 0 Å². The van der Waals surface area contributed by atoms with Crippen LogP contribution < -0.4 is 10.2 Å². The van der Waals surface area contributed by atoms with Gasteiger partial charge in [-0.15, -0.1) is 0 Å². The van der Waals surface area contributed by atoms with Crippen LogP contribution in [0.15, 0.2) is 12.4 Å². The highest BCUT2D eigenvalue weighted by atomic mass is 15.3. The SMILES string of the molecule is CCCCCN(c1ncc(CNC)cn1)C(C)C. The maximum atomic E-state index is 4.47. The first-order valence-electron chi connectivity index (χ1n) is 6.91. The topological polar surface area (TPSA) is 41.1 Å². The van der Waals surface area contributed by atoms with Crippen LogP contribution in [0.4, 0.5) is 5.95 Å². The molecule has 0 spiro atoms.